The van der Waals surface area contributed by atoms with Gasteiger partial charge < -0.3 is 24.9 Å². The summed E-state index contributed by atoms with van der Waals surface area (Å²) in [5.74, 6) is 0. The van der Waals surface area contributed by atoms with Gasteiger partial charge in [0.25, 0.3) is 0 Å². The first kappa shape index (κ1) is 18.4. The molecule has 8 heterocycles. The van der Waals surface area contributed by atoms with E-state index in [9.17, 15) is 0 Å². The number of aromatic nitrogens is 7. The zero-order valence-corrected chi connectivity index (χ0v) is 18.5. The molecule has 14 bridgehead atoms. The Morgan fingerprint density at radius 3 is 0.743 bits per heavy atom. The van der Waals surface area contributed by atoms with Crippen LogP contribution in [-0.4, -0.2) is 34.9 Å². The number of hydrogen-bond acceptors (Lipinski definition) is 2. The van der Waals surface area contributed by atoms with Crippen LogP contribution >= 0.6 is 0 Å². The lowest BCUT2D eigenvalue weighted by Gasteiger charge is -1.88. The smallest absolute Gasteiger partial charge is 0.0873 e. The van der Waals surface area contributed by atoms with Crippen LogP contribution in [0.2, 0.25) is 0 Å². The van der Waals surface area contributed by atoms with Crippen molar-refractivity contribution in [2.45, 2.75) is 0 Å². The fourth-order valence-electron chi connectivity index (χ4n) is 4.84. The number of nitrogens with zero attached hydrogens (tertiary/aromatic N) is 2. The van der Waals surface area contributed by atoms with Gasteiger partial charge in [-0.05, 0) is 85.0 Å². The summed E-state index contributed by atoms with van der Waals surface area (Å²) in [6, 6.07) is 20.8. The van der Waals surface area contributed by atoms with Gasteiger partial charge in [0.15, 0.2) is 0 Å². The van der Waals surface area contributed by atoms with E-state index in [-0.39, 0.29) is 0 Å². The van der Waals surface area contributed by atoms with Crippen LogP contribution in [0.15, 0.2) is 60.7 Å². The van der Waals surface area contributed by atoms with Crippen LogP contribution < -0.4 is 0 Å². The predicted octanol–water partition coefficient (Wildman–Crippen LogP) is 6.66. The summed E-state index contributed by atoms with van der Waals surface area (Å²) in [6.45, 7) is 0. The molecule has 35 heavy (non-hydrogen) atoms. The van der Waals surface area contributed by atoms with E-state index < -0.39 is 0 Å². The lowest BCUT2D eigenvalue weighted by atomic mass is 10.3. The van der Waals surface area contributed by atoms with Gasteiger partial charge in [-0.25, -0.2) is 9.97 Å². The second-order valence-corrected chi connectivity index (χ2v) is 8.86. The van der Waals surface area contributed by atoms with E-state index in [1.807, 2.05) is 24.3 Å². The van der Waals surface area contributed by atoms with Crippen molar-refractivity contribution in [2.24, 2.45) is 0 Å². The van der Waals surface area contributed by atoms with E-state index in [2.05, 4.69) is 85.6 Å². The fraction of sp³-hybridized carbons (Fsp3) is 0. The molecule has 0 amide bonds. The molecule has 0 unspecified atom stereocenters. The molecule has 0 spiro atoms. The number of rotatable bonds is 0. The Balaban J connectivity index is 1.48. The van der Waals surface area contributed by atoms with Crippen LogP contribution in [0.3, 0.4) is 0 Å². The second-order valence-electron chi connectivity index (χ2n) is 8.86. The first-order chi connectivity index (χ1) is 17.3. The van der Waals surface area contributed by atoms with Gasteiger partial charge in [-0.2, -0.15) is 0 Å². The van der Waals surface area contributed by atoms with E-state index >= 15 is 0 Å². The Kier molecular flexibility index (Phi) is 3.54. The third kappa shape index (κ3) is 2.85. The maximum Gasteiger partial charge on any atom is 0.0873 e. The Labute approximate surface area is 197 Å². The summed E-state index contributed by atoms with van der Waals surface area (Å²) in [5, 5.41) is 0. The van der Waals surface area contributed by atoms with Gasteiger partial charge in [-0.3, -0.25) is 0 Å². The standard InChI is InChI=1S/C28H19N7/c1-2-16-18-5-6-21(31-18)22-9-10-25(33-22)26-13-14-28(35-26)27-12-11-24(34-27)23-8-7-20(32-23)19-4-3-17(30-19)15(1)29-16/h1-14,29-31,34-35H. The quantitative estimate of drug-likeness (QED) is 0.177. The Hall–Kier alpha value is -5.04. The average Bonchev–Trinajstić information content (AvgIpc) is 3.72. The lowest BCUT2D eigenvalue weighted by Crippen LogP contribution is -1.78. The molecule has 0 fully saturated rings. The summed E-state index contributed by atoms with van der Waals surface area (Å²) < 4.78 is 0. The van der Waals surface area contributed by atoms with Gasteiger partial charge in [0.2, 0.25) is 0 Å². The molecule has 6 aromatic heterocycles. The van der Waals surface area contributed by atoms with E-state index in [4.69, 9.17) is 9.97 Å². The van der Waals surface area contributed by atoms with Gasteiger partial charge in [0, 0.05) is 0 Å². The largest absolute Gasteiger partial charge is 0.352 e. The SMILES string of the molecule is C1=Cc2nc1c1ccc([nH]1)c1ccc([nH]1)c1nc(c3ccc([nH]3)c3ccc([nH]3)c3ccc2[nH]3)C=C1. The van der Waals surface area contributed by atoms with Crippen molar-refractivity contribution in [1.82, 2.24) is 34.9 Å². The van der Waals surface area contributed by atoms with Crippen molar-refractivity contribution >= 4 is 79.5 Å². The lowest BCUT2D eigenvalue weighted by molar-refractivity contribution is 1.32. The first-order valence-corrected chi connectivity index (χ1v) is 11.5. The maximum atomic E-state index is 4.86. The van der Waals surface area contributed by atoms with Gasteiger partial charge in [0.1, 0.15) is 0 Å². The van der Waals surface area contributed by atoms with Crippen LogP contribution in [0.4, 0.5) is 0 Å². The molecule has 8 rings (SSSR count). The minimum atomic E-state index is 0.909. The Morgan fingerprint density at radius 1 is 0.286 bits per heavy atom. The second kappa shape index (κ2) is 6.74. The zero-order chi connectivity index (χ0) is 22.9. The third-order valence-corrected chi connectivity index (χ3v) is 6.68. The number of fused-ring (bicyclic) bond motifs is 21. The predicted molar refractivity (Wildman–Crippen MR) is 143 cm³/mol. The Morgan fingerprint density at radius 2 is 0.486 bits per heavy atom. The van der Waals surface area contributed by atoms with Crippen LogP contribution in [-0.2, 0) is 0 Å². The summed E-state index contributed by atoms with van der Waals surface area (Å²) >= 11 is 0. The molecule has 2 aliphatic heterocycles. The van der Waals surface area contributed by atoms with E-state index in [0.717, 1.165) is 77.9 Å². The minimum absolute atomic E-state index is 0.909. The molecule has 7 heteroatoms. The third-order valence-electron chi connectivity index (χ3n) is 6.68. The highest BCUT2D eigenvalue weighted by atomic mass is 14.9. The molecule has 6 aromatic rings. The monoisotopic (exact) mass is 453 g/mol. The molecule has 0 aliphatic carbocycles. The molecule has 0 atom stereocenters. The van der Waals surface area contributed by atoms with E-state index in [1.54, 1.807) is 0 Å². The summed E-state index contributed by atoms with van der Waals surface area (Å²) in [5.41, 5.74) is 13.6. The number of hydrogen-bond donors (Lipinski definition) is 5. The van der Waals surface area contributed by atoms with Gasteiger partial charge in [-0.1, -0.05) is 0 Å². The molecule has 0 saturated heterocycles. The van der Waals surface area contributed by atoms with Gasteiger partial charge >= 0.3 is 0 Å². The molecular formula is C28H19N7. The Bertz CT molecular complexity index is 1920. The van der Waals surface area contributed by atoms with E-state index in [0.29, 0.717) is 0 Å². The fourth-order valence-corrected chi connectivity index (χ4v) is 4.84. The van der Waals surface area contributed by atoms with Crippen LogP contribution in [0, 0.1) is 0 Å². The number of H-pyrrole nitrogens is 5. The molecule has 7 nitrogen and oxygen atoms in total. The average molecular weight is 454 g/mol. The van der Waals surface area contributed by atoms with Crippen molar-refractivity contribution < 1.29 is 0 Å². The molecule has 0 aromatic carbocycles. The topological polar surface area (TPSA) is 105 Å². The van der Waals surface area contributed by atoms with Crippen molar-refractivity contribution in [3.8, 4) is 0 Å². The van der Waals surface area contributed by atoms with Crippen molar-refractivity contribution in [2.75, 3.05) is 0 Å². The number of nitrogens with one attached hydrogen (secondary N) is 5. The molecule has 2 aliphatic rings. The normalized spacial score (nSPS) is 12.9. The van der Waals surface area contributed by atoms with Crippen LogP contribution in [0.25, 0.3) is 79.5 Å². The molecule has 5 N–H and O–H groups in total. The van der Waals surface area contributed by atoms with Crippen molar-refractivity contribution in [3.63, 3.8) is 0 Å². The number of aromatic amines is 5. The van der Waals surface area contributed by atoms with Crippen LogP contribution in [0.5, 0.6) is 0 Å². The summed E-state index contributed by atoms with van der Waals surface area (Å²) in [7, 11) is 0. The molecule has 0 saturated carbocycles. The highest BCUT2D eigenvalue weighted by Gasteiger charge is 2.08. The summed E-state index contributed by atoms with van der Waals surface area (Å²) in [4.78, 5) is 27.3. The molecule has 0 radical (unpaired) electrons. The van der Waals surface area contributed by atoms with Crippen molar-refractivity contribution in [3.05, 3.63) is 83.4 Å². The maximum absolute atomic E-state index is 4.86. The minimum Gasteiger partial charge on any atom is -0.352 e. The van der Waals surface area contributed by atoms with Crippen LogP contribution in [0.1, 0.15) is 22.8 Å². The van der Waals surface area contributed by atoms with Gasteiger partial charge in [-0.15, -0.1) is 0 Å². The summed E-state index contributed by atoms with van der Waals surface area (Å²) in [6.07, 6.45) is 8.18. The van der Waals surface area contributed by atoms with Crippen molar-refractivity contribution in [1.29, 1.82) is 0 Å². The highest BCUT2D eigenvalue weighted by molar-refractivity contribution is 5.92. The first-order valence-electron chi connectivity index (χ1n) is 11.5. The molecule has 166 valence electrons. The van der Waals surface area contributed by atoms with Gasteiger partial charge in [0.05, 0.1) is 77.9 Å². The highest BCUT2D eigenvalue weighted by Crippen LogP contribution is 2.24. The molecular weight excluding hydrogens is 434 g/mol. The zero-order valence-electron chi connectivity index (χ0n) is 18.5. The van der Waals surface area contributed by atoms with E-state index in [1.165, 1.54) is 0 Å².